The van der Waals surface area contributed by atoms with E-state index < -0.39 is 41.2 Å². The number of anilines is 1. The van der Waals surface area contributed by atoms with Crippen LogP contribution in [0.2, 0.25) is 0 Å². The fourth-order valence-electron chi connectivity index (χ4n) is 2.23. The maximum Gasteiger partial charge on any atom is 0.408 e. The number of carbonyl (C=O) groups is 4. The van der Waals surface area contributed by atoms with Gasteiger partial charge in [-0.25, -0.2) is 14.4 Å². The van der Waals surface area contributed by atoms with Crippen LogP contribution in [0.5, 0.6) is 0 Å². The molecule has 2 heterocycles. The summed E-state index contributed by atoms with van der Waals surface area (Å²) in [7, 11) is 0. The van der Waals surface area contributed by atoms with E-state index in [-0.39, 0.29) is 6.54 Å². The molecule has 4 N–H and O–H groups in total. The molecular formula is C22H30N2O8S2. The second-order valence-corrected chi connectivity index (χ2v) is 10.7. The third kappa shape index (κ3) is 11.1. The molecule has 2 rings (SSSR count). The number of carboxylic acids is 2. The average molecular weight is 515 g/mol. The number of alkyl carbamates (subject to hydrolysis) is 1. The minimum Gasteiger partial charge on any atom is -0.480 e. The Morgan fingerprint density at radius 1 is 0.941 bits per heavy atom. The molecule has 1 atom stereocenters. The van der Waals surface area contributed by atoms with Gasteiger partial charge in [0.25, 0.3) is 0 Å². The molecule has 0 saturated carbocycles. The summed E-state index contributed by atoms with van der Waals surface area (Å²) < 4.78 is 10.2. The second kappa shape index (κ2) is 12.4. The Hall–Kier alpha value is -3.12. The number of carboxylic acid groups (broad SMARTS) is 2. The number of esters is 1. The third-order valence-corrected chi connectivity index (χ3v) is 5.23. The zero-order valence-corrected chi connectivity index (χ0v) is 21.5. The quantitative estimate of drug-likeness (QED) is 0.389. The van der Waals surface area contributed by atoms with E-state index in [1.165, 1.54) is 22.7 Å². The van der Waals surface area contributed by atoms with Gasteiger partial charge in [0.15, 0.2) is 6.04 Å². The normalized spacial score (nSPS) is 11.9. The van der Waals surface area contributed by atoms with Crippen LogP contribution in [0.4, 0.5) is 9.80 Å². The van der Waals surface area contributed by atoms with Gasteiger partial charge in [0.1, 0.15) is 22.7 Å². The van der Waals surface area contributed by atoms with Crippen LogP contribution < -0.4 is 10.6 Å². The predicted molar refractivity (Wildman–Crippen MR) is 130 cm³/mol. The van der Waals surface area contributed by atoms with Crippen LogP contribution in [0.15, 0.2) is 29.0 Å². The molecule has 2 aromatic rings. The highest BCUT2D eigenvalue weighted by molar-refractivity contribution is 7.14. The van der Waals surface area contributed by atoms with Crippen LogP contribution in [-0.2, 0) is 19.1 Å². The summed E-state index contributed by atoms with van der Waals surface area (Å²) in [4.78, 5) is 45.3. The lowest BCUT2D eigenvalue weighted by atomic mass is 10.2. The molecule has 1 amide bonds. The maximum absolute atomic E-state index is 11.8. The summed E-state index contributed by atoms with van der Waals surface area (Å²) in [5.74, 6) is -2.54. The van der Waals surface area contributed by atoms with Crippen molar-refractivity contribution < 1.29 is 38.9 Å². The molecule has 0 aromatic carbocycles. The minimum atomic E-state index is -1.11. The molecule has 0 aliphatic carbocycles. The second-order valence-electron chi connectivity index (χ2n) is 8.85. The lowest BCUT2D eigenvalue weighted by Gasteiger charge is -2.21. The van der Waals surface area contributed by atoms with Gasteiger partial charge >= 0.3 is 24.0 Å². The van der Waals surface area contributed by atoms with E-state index in [2.05, 4.69) is 10.6 Å². The molecule has 0 spiro atoms. The van der Waals surface area contributed by atoms with Crippen molar-refractivity contribution in [1.29, 1.82) is 0 Å². The first-order chi connectivity index (χ1) is 15.6. The molecule has 188 valence electrons. The first-order valence-electron chi connectivity index (χ1n) is 10.1. The van der Waals surface area contributed by atoms with Gasteiger partial charge in [-0.2, -0.15) is 0 Å². The third-order valence-electron chi connectivity index (χ3n) is 3.42. The number of rotatable bonds is 7. The van der Waals surface area contributed by atoms with E-state index in [4.69, 9.17) is 19.7 Å². The average Bonchev–Trinajstić information content (AvgIpc) is 3.33. The number of amides is 1. The molecule has 1 unspecified atom stereocenters. The molecule has 0 bridgehead atoms. The first kappa shape index (κ1) is 28.9. The van der Waals surface area contributed by atoms with Gasteiger partial charge in [0.2, 0.25) is 0 Å². The molecule has 0 radical (unpaired) electrons. The van der Waals surface area contributed by atoms with Crippen molar-refractivity contribution in [2.75, 3.05) is 11.9 Å². The Balaban J connectivity index is 0.000000340. The number of ether oxygens (including phenoxy) is 2. The summed E-state index contributed by atoms with van der Waals surface area (Å²) in [6.45, 7) is 10.3. The number of thiophene rings is 2. The predicted octanol–water partition coefficient (Wildman–Crippen LogP) is 4.60. The van der Waals surface area contributed by atoms with Crippen LogP contribution in [-0.4, -0.2) is 52.0 Å². The summed E-state index contributed by atoms with van der Waals surface area (Å²) in [5, 5.41) is 26.6. The van der Waals surface area contributed by atoms with Gasteiger partial charge in [-0.05, 0) is 64.4 Å². The summed E-state index contributed by atoms with van der Waals surface area (Å²) in [6.07, 6.45) is -0.738. The van der Waals surface area contributed by atoms with Gasteiger partial charge in [-0.3, -0.25) is 4.79 Å². The van der Waals surface area contributed by atoms with Crippen molar-refractivity contribution >= 4 is 51.7 Å². The molecule has 0 saturated heterocycles. The van der Waals surface area contributed by atoms with Gasteiger partial charge in [-0.1, -0.05) is 6.07 Å². The summed E-state index contributed by atoms with van der Waals surface area (Å²) in [6, 6.07) is 3.93. The van der Waals surface area contributed by atoms with Crippen LogP contribution in [0.25, 0.3) is 0 Å². The Bertz CT molecular complexity index is 972. The summed E-state index contributed by atoms with van der Waals surface area (Å²) in [5.41, 5.74) is -0.850. The van der Waals surface area contributed by atoms with Gasteiger partial charge in [0, 0.05) is 4.88 Å². The molecule has 34 heavy (non-hydrogen) atoms. The van der Waals surface area contributed by atoms with Crippen molar-refractivity contribution in [2.45, 2.75) is 58.8 Å². The lowest BCUT2D eigenvalue weighted by Crippen LogP contribution is -2.37. The van der Waals surface area contributed by atoms with Crippen LogP contribution in [0.1, 0.15) is 62.8 Å². The summed E-state index contributed by atoms with van der Waals surface area (Å²) >= 11 is 2.54. The molecule has 12 heteroatoms. The lowest BCUT2D eigenvalue weighted by molar-refractivity contribution is -0.139. The van der Waals surface area contributed by atoms with E-state index in [9.17, 15) is 19.2 Å². The molecule has 0 fully saturated rings. The van der Waals surface area contributed by atoms with Crippen molar-refractivity contribution in [3.63, 3.8) is 0 Å². The van der Waals surface area contributed by atoms with E-state index in [1.807, 2.05) is 0 Å². The SMILES string of the molecule is CC(C)(C)OC(=O)NC(C(=O)O)c1cccs1.CC(C)(C)OC(=O)c1ccsc1NCC(=O)O. The zero-order valence-electron chi connectivity index (χ0n) is 19.8. The zero-order chi connectivity index (χ0) is 26.1. The van der Waals surface area contributed by atoms with E-state index in [0.717, 1.165) is 0 Å². The van der Waals surface area contributed by atoms with Crippen molar-refractivity contribution in [3.8, 4) is 0 Å². The Kier molecular flexibility index (Phi) is 10.5. The highest BCUT2D eigenvalue weighted by atomic mass is 32.1. The molecule has 10 nitrogen and oxygen atoms in total. The van der Waals surface area contributed by atoms with Crippen LogP contribution >= 0.6 is 22.7 Å². The fraction of sp³-hybridized carbons (Fsp3) is 0.455. The Labute approximate surface area is 205 Å². The molecular weight excluding hydrogens is 484 g/mol. The standard InChI is InChI=1S/2C11H15NO4S/c1-11(2,3)16-10(15)7-4-5-17-9(7)12-6-8(13)14;1-11(2,3)16-10(15)12-8(9(13)14)7-5-4-6-17-7/h4-5,12H,6H2,1-3H3,(H,13,14);4-6,8H,1-3H3,(H,12,15)(H,13,14). The monoisotopic (exact) mass is 514 g/mol. The highest BCUT2D eigenvalue weighted by Gasteiger charge is 2.26. The highest BCUT2D eigenvalue weighted by Crippen LogP contribution is 2.25. The van der Waals surface area contributed by atoms with Crippen molar-refractivity contribution in [3.05, 3.63) is 39.4 Å². The largest absolute Gasteiger partial charge is 0.480 e. The topological polar surface area (TPSA) is 151 Å². The smallest absolute Gasteiger partial charge is 0.408 e. The Morgan fingerprint density at radius 3 is 2.03 bits per heavy atom. The van der Waals surface area contributed by atoms with Crippen molar-refractivity contribution in [1.82, 2.24) is 5.32 Å². The van der Waals surface area contributed by atoms with Gasteiger partial charge in [-0.15, -0.1) is 22.7 Å². The molecule has 2 aromatic heterocycles. The van der Waals surface area contributed by atoms with Crippen molar-refractivity contribution in [2.24, 2.45) is 0 Å². The van der Waals surface area contributed by atoms with Crippen LogP contribution in [0, 0.1) is 0 Å². The molecule has 0 aliphatic heterocycles. The van der Waals surface area contributed by atoms with Crippen LogP contribution in [0.3, 0.4) is 0 Å². The number of aliphatic carboxylic acids is 2. The fourth-order valence-corrected chi connectivity index (χ4v) is 3.77. The van der Waals surface area contributed by atoms with E-state index in [1.54, 1.807) is 70.5 Å². The van der Waals surface area contributed by atoms with Gasteiger partial charge in [0.05, 0.1) is 5.56 Å². The van der Waals surface area contributed by atoms with Gasteiger partial charge < -0.3 is 30.3 Å². The molecule has 0 aliphatic rings. The number of carbonyl (C=O) groups excluding carboxylic acids is 2. The first-order valence-corrected chi connectivity index (χ1v) is 11.9. The number of hydrogen-bond acceptors (Lipinski definition) is 9. The number of hydrogen-bond donors (Lipinski definition) is 4. The Morgan fingerprint density at radius 2 is 1.56 bits per heavy atom. The van der Waals surface area contributed by atoms with E-state index >= 15 is 0 Å². The minimum absolute atomic E-state index is 0.226. The maximum atomic E-state index is 11.8. The van der Waals surface area contributed by atoms with E-state index in [0.29, 0.717) is 15.4 Å². The number of nitrogens with one attached hydrogen (secondary N) is 2.